The average Bonchev–Trinajstić information content (AvgIpc) is 2.40. The smallest absolute Gasteiger partial charge is 0.124 e. The van der Waals surface area contributed by atoms with Crippen LogP contribution in [0.5, 0.6) is 5.75 Å². The zero-order chi connectivity index (χ0) is 14.1. The molecule has 0 radical (unpaired) electrons. The van der Waals surface area contributed by atoms with Crippen molar-refractivity contribution in [2.24, 2.45) is 11.7 Å². The molecule has 19 heavy (non-hydrogen) atoms. The van der Waals surface area contributed by atoms with E-state index in [0.717, 1.165) is 17.9 Å². The standard InChI is InChI=1S/C16H27NO2/c1-4-8-13(3)11-18-12-15(17)14-9-6-7-10-16(14)19-5-2/h6-7,9-10,13,15H,4-5,8,11-12,17H2,1-3H3. The summed E-state index contributed by atoms with van der Waals surface area (Å²) in [6.45, 7) is 8.35. The predicted molar refractivity (Wildman–Crippen MR) is 79.4 cm³/mol. The lowest BCUT2D eigenvalue weighted by atomic mass is 10.1. The predicted octanol–water partition coefficient (Wildman–Crippen LogP) is 3.54. The van der Waals surface area contributed by atoms with E-state index in [-0.39, 0.29) is 6.04 Å². The minimum atomic E-state index is -0.128. The fourth-order valence-electron chi connectivity index (χ4n) is 2.14. The van der Waals surface area contributed by atoms with E-state index in [1.807, 2.05) is 31.2 Å². The molecule has 1 aromatic carbocycles. The maximum Gasteiger partial charge on any atom is 0.124 e. The van der Waals surface area contributed by atoms with E-state index in [4.69, 9.17) is 15.2 Å². The molecule has 0 spiro atoms. The first kappa shape index (κ1) is 16.0. The summed E-state index contributed by atoms with van der Waals surface area (Å²) >= 11 is 0. The summed E-state index contributed by atoms with van der Waals surface area (Å²) in [5.41, 5.74) is 7.20. The largest absolute Gasteiger partial charge is 0.494 e. The summed E-state index contributed by atoms with van der Waals surface area (Å²) < 4.78 is 11.3. The number of hydrogen-bond donors (Lipinski definition) is 1. The molecule has 0 aliphatic rings. The SMILES string of the molecule is CCCC(C)COCC(N)c1ccccc1OCC. The topological polar surface area (TPSA) is 44.5 Å². The van der Waals surface area contributed by atoms with Crippen molar-refractivity contribution in [3.8, 4) is 5.75 Å². The first-order valence-corrected chi connectivity index (χ1v) is 7.24. The molecule has 1 rings (SSSR count). The summed E-state index contributed by atoms with van der Waals surface area (Å²) in [7, 11) is 0. The van der Waals surface area contributed by atoms with Crippen LogP contribution >= 0.6 is 0 Å². The van der Waals surface area contributed by atoms with E-state index in [1.54, 1.807) is 0 Å². The Bertz CT molecular complexity index is 354. The minimum Gasteiger partial charge on any atom is -0.494 e. The Morgan fingerprint density at radius 2 is 1.89 bits per heavy atom. The van der Waals surface area contributed by atoms with Crippen LogP contribution in [0.2, 0.25) is 0 Å². The van der Waals surface area contributed by atoms with E-state index in [9.17, 15) is 0 Å². The van der Waals surface area contributed by atoms with Gasteiger partial charge in [-0.3, -0.25) is 0 Å². The fourth-order valence-corrected chi connectivity index (χ4v) is 2.14. The van der Waals surface area contributed by atoms with Gasteiger partial charge in [0, 0.05) is 12.2 Å². The van der Waals surface area contributed by atoms with Gasteiger partial charge in [-0.1, -0.05) is 38.5 Å². The van der Waals surface area contributed by atoms with Gasteiger partial charge in [0.05, 0.1) is 19.3 Å². The van der Waals surface area contributed by atoms with Crippen LogP contribution in [0.1, 0.15) is 45.2 Å². The van der Waals surface area contributed by atoms with Gasteiger partial charge in [0.2, 0.25) is 0 Å². The normalized spacial score (nSPS) is 14.1. The van der Waals surface area contributed by atoms with Crippen LogP contribution in [0.15, 0.2) is 24.3 Å². The Kier molecular flexibility index (Phi) is 7.53. The Balaban J connectivity index is 2.46. The van der Waals surface area contributed by atoms with Crippen LogP contribution in [0.3, 0.4) is 0 Å². The lowest BCUT2D eigenvalue weighted by Crippen LogP contribution is -2.20. The van der Waals surface area contributed by atoms with Crippen molar-refractivity contribution >= 4 is 0 Å². The average molecular weight is 265 g/mol. The van der Waals surface area contributed by atoms with Crippen LogP contribution in [0, 0.1) is 5.92 Å². The molecule has 0 aliphatic carbocycles. The van der Waals surface area contributed by atoms with Gasteiger partial charge in [0.1, 0.15) is 5.75 Å². The fraction of sp³-hybridized carbons (Fsp3) is 0.625. The molecule has 0 saturated heterocycles. The molecule has 2 N–H and O–H groups in total. The zero-order valence-electron chi connectivity index (χ0n) is 12.4. The van der Waals surface area contributed by atoms with Crippen molar-refractivity contribution < 1.29 is 9.47 Å². The van der Waals surface area contributed by atoms with Gasteiger partial charge in [0.15, 0.2) is 0 Å². The molecule has 0 heterocycles. The van der Waals surface area contributed by atoms with E-state index in [2.05, 4.69) is 13.8 Å². The summed E-state index contributed by atoms with van der Waals surface area (Å²) in [6.07, 6.45) is 2.40. The van der Waals surface area contributed by atoms with Gasteiger partial charge < -0.3 is 15.2 Å². The number of ether oxygens (including phenoxy) is 2. The molecule has 0 saturated carbocycles. The molecular weight excluding hydrogens is 238 g/mol. The van der Waals surface area contributed by atoms with Gasteiger partial charge in [-0.05, 0) is 25.3 Å². The second-order valence-electron chi connectivity index (χ2n) is 5.01. The van der Waals surface area contributed by atoms with Crippen molar-refractivity contribution in [3.05, 3.63) is 29.8 Å². The van der Waals surface area contributed by atoms with Gasteiger partial charge >= 0.3 is 0 Å². The maximum absolute atomic E-state index is 6.18. The molecule has 0 amide bonds. The summed E-state index contributed by atoms with van der Waals surface area (Å²) in [5.74, 6) is 1.46. The highest BCUT2D eigenvalue weighted by molar-refractivity contribution is 5.35. The van der Waals surface area contributed by atoms with Crippen LogP contribution in [-0.4, -0.2) is 19.8 Å². The van der Waals surface area contributed by atoms with Crippen LogP contribution < -0.4 is 10.5 Å². The molecule has 3 heteroatoms. The Hall–Kier alpha value is -1.06. The monoisotopic (exact) mass is 265 g/mol. The summed E-state index contributed by atoms with van der Waals surface area (Å²) in [5, 5.41) is 0. The van der Waals surface area contributed by atoms with Crippen molar-refractivity contribution in [1.82, 2.24) is 0 Å². The van der Waals surface area contributed by atoms with Crippen molar-refractivity contribution in [1.29, 1.82) is 0 Å². The van der Waals surface area contributed by atoms with E-state index in [1.165, 1.54) is 12.8 Å². The van der Waals surface area contributed by atoms with Gasteiger partial charge in [-0.25, -0.2) is 0 Å². The highest BCUT2D eigenvalue weighted by Gasteiger charge is 2.12. The third-order valence-corrected chi connectivity index (χ3v) is 3.10. The summed E-state index contributed by atoms with van der Waals surface area (Å²) in [6, 6.07) is 7.78. The van der Waals surface area contributed by atoms with Crippen LogP contribution in [0.4, 0.5) is 0 Å². The molecule has 2 unspecified atom stereocenters. The van der Waals surface area contributed by atoms with Gasteiger partial charge in [-0.2, -0.15) is 0 Å². The maximum atomic E-state index is 6.18. The zero-order valence-corrected chi connectivity index (χ0v) is 12.4. The van der Waals surface area contributed by atoms with E-state index in [0.29, 0.717) is 19.1 Å². The summed E-state index contributed by atoms with van der Waals surface area (Å²) in [4.78, 5) is 0. The first-order valence-electron chi connectivity index (χ1n) is 7.24. The third kappa shape index (κ3) is 5.62. The van der Waals surface area contributed by atoms with Gasteiger partial charge in [-0.15, -0.1) is 0 Å². The highest BCUT2D eigenvalue weighted by Crippen LogP contribution is 2.24. The molecule has 3 nitrogen and oxygen atoms in total. The molecular formula is C16H27NO2. The lowest BCUT2D eigenvalue weighted by molar-refractivity contribution is 0.0903. The van der Waals surface area contributed by atoms with Crippen molar-refractivity contribution in [2.45, 2.75) is 39.7 Å². The third-order valence-electron chi connectivity index (χ3n) is 3.10. The lowest BCUT2D eigenvalue weighted by Gasteiger charge is -2.18. The number of benzene rings is 1. The van der Waals surface area contributed by atoms with Crippen molar-refractivity contribution in [2.75, 3.05) is 19.8 Å². The molecule has 0 aromatic heterocycles. The van der Waals surface area contributed by atoms with E-state index < -0.39 is 0 Å². The number of para-hydroxylation sites is 1. The molecule has 108 valence electrons. The van der Waals surface area contributed by atoms with Crippen molar-refractivity contribution in [3.63, 3.8) is 0 Å². The number of hydrogen-bond acceptors (Lipinski definition) is 3. The molecule has 0 bridgehead atoms. The van der Waals surface area contributed by atoms with Gasteiger partial charge in [0.25, 0.3) is 0 Å². The molecule has 2 atom stereocenters. The molecule has 0 aliphatic heterocycles. The Morgan fingerprint density at radius 3 is 2.58 bits per heavy atom. The van der Waals surface area contributed by atoms with Crippen LogP contribution in [0.25, 0.3) is 0 Å². The highest BCUT2D eigenvalue weighted by atomic mass is 16.5. The van der Waals surface area contributed by atoms with E-state index >= 15 is 0 Å². The number of nitrogens with two attached hydrogens (primary N) is 1. The Morgan fingerprint density at radius 1 is 1.16 bits per heavy atom. The second-order valence-corrected chi connectivity index (χ2v) is 5.01. The second kappa shape index (κ2) is 8.94. The first-order chi connectivity index (χ1) is 9.19. The minimum absolute atomic E-state index is 0.128. The number of rotatable bonds is 9. The molecule has 0 fully saturated rings. The quantitative estimate of drug-likeness (QED) is 0.742. The Labute approximate surface area is 117 Å². The molecule has 1 aromatic rings. The van der Waals surface area contributed by atoms with Crippen LogP contribution in [-0.2, 0) is 4.74 Å².